The second-order valence-corrected chi connectivity index (χ2v) is 11.5. The summed E-state index contributed by atoms with van der Waals surface area (Å²) in [6.45, 7) is 0.0624. The van der Waals surface area contributed by atoms with E-state index < -0.39 is 33.8 Å². The molecule has 2 N–H and O–H groups in total. The number of nitrogens with zero attached hydrogens (tertiary/aromatic N) is 2. The monoisotopic (exact) mass is 533 g/mol. The molecule has 1 heterocycles. The van der Waals surface area contributed by atoms with Gasteiger partial charge in [-0.3, -0.25) is 19.4 Å². The minimum absolute atomic E-state index is 0.0624. The molecule has 1 aliphatic heterocycles. The quantitative estimate of drug-likeness (QED) is 0.524. The van der Waals surface area contributed by atoms with E-state index in [9.17, 15) is 22.8 Å². The van der Waals surface area contributed by atoms with Crippen LogP contribution in [0.15, 0.2) is 77.7 Å². The minimum atomic E-state index is -3.45. The highest BCUT2D eigenvalue weighted by molar-refractivity contribution is 7.90. The maximum atomic E-state index is 14.0. The van der Waals surface area contributed by atoms with Gasteiger partial charge in [-0.2, -0.15) is 0 Å². The predicted molar refractivity (Wildman–Crippen MR) is 142 cm³/mol. The van der Waals surface area contributed by atoms with Gasteiger partial charge in [0.1, 0.15) is 6.61 Å². The summed E-state index contributed by atoms with van der Waals surface area (Å²) in [7, 11) is -3.45. The van der Waals surface area contributed by atoms with Crippen LogP contribution in [0.25, 0.3) is 0 Å². The zero-order chi connectivity index (χ0) is 27.0. The Kier molecular flexibility index (Phi) is 6.66. The van der Waals surface area contributed by atoms with Gasteiger partial charge >= 0.3 is 6.09 Å². The highest BCUT2D eigenvalue weighted by atomic mass is 32.2. The van der Waals surface area contributed by atoms with E-state index in [0.717, 1.165) is 18.2 Å². The molecule has 5 rings (SSSR count). The first kappa shape index (κ1) is 25.5. The SMILES string of the molecule is CS(=O)(=O)c1ccc(N2C(=O)[C@H]3CCC[C@H]3N(C(=O)OCc3ccccc3)c3ccc(C(N)=O)cc32)cc1. The van der Waals surface area contributed by atoms with Crippen LogP contribution in [0.4, 0.5) is 21.9 Å². The zero-order valence-corrected chi connectivity index (χ0v) is 21.6. The van der Waals surface area contributed by atoms with Crippen LogP contribution in [0.5, 0.6) is 0 Å². The van der Waals surface area contributed by atoms with Crippen LogP contribution in [-0.4, -0.2) is 38.6 Å². The van der Waals surface area contributed by atoms with E-state index >= 15 is 0 Å². The van der Waals surface area contributed by atoms with E-state index in [4.69, 9.17) is 10.5 Å². The van der Waals surface area contributed by atoms with Crippen molar-refractivity contribution in [1.29, 1.82) is 0 Å². The highest BCUT2D eigenvalue weighted by Gasteiger charge is 2.46. The molecule has 9 nitrogen and oxygen atoms in total. The lowest BCUT2D eigenvalue weighted by Gasteiger charge is -2.29. The molecule has 10 heteroatoms. The lowest BCUT2D eigenvalue weighted by atomic mass is 10.0. The highest BCUT2D eigenvalue weighted by Crippen LogP contribution is 2.46. The summed E-state index contributed by atoms with van der Waals surface area (Å²) in [6.07, 6.45) is 2.44. The Bertz CT molecular complexity index is 1510. The molecule has 3 aromatic carbocycles. The number of benzene rings is 3. The molecule has 0 unspecified atom stereocenters. The van der Waals surface area contributed by atoms with Crippen molar-refractivity contribution >= 4 is 44.8 Å². The van der Waals surface area contributed by atoms with Crippen molar-refractivity contribution in [3.63, 3.8) is 0 Å². The molecule has 0 radical (unpaired) electrons. The van der Waals surface area contributed by atoms with Crippen LogP contribution in [-0.2, 0) is 26.0 Å². The van der Waals surface area contributed by atoms with E-state index in [1.807, 2.05) is 30.3 Å². The molecular weight excluding hydrogens is 506 g/mol. The van der Waals surface area contributed by atoms with E-state index in [0.29, 0.717) is 29.9 Å². The smallest absolute Gasteiger partial charge is 0.414 e. The zero-order valence-electron chi connectivity index (χ0n) is 20.7. The second kappa shape index (κ2) is 9.94. The first-order chi connectivity index (χ1) is 18.1. The van der Waals surface area contributed by atoms with E-state index in [1.165, 1.54) is 34.1 Å². The van der Waals surface area contributed by atoms with Crippen LogP contribution in [0, 0.1) is 5.92 Å². The molecule has 196 valence electrons. The summed E-state index contributed by atoms with van der Waals surface area (Å²) in [5.74, 6) is -1.45. The van der Waals surface area contributed by atoms with Crippen molar-refractivity contribution in [3.8, 4) is 0 Å². The Hall–Kier alpha value is -4.18. The number of fused-ring (bicyclic) bond motifs is 2. The van der Waals surface area contributed by atoms with Gasteiger partial charge in [0.05, 0.1) is 28.2 Å². The maximum Gasteiger partial charge on any atom is 0.414 e. The van der Waals surface area contributed by atoms with Gasteiger partial charge in [0.2, 0.25) is 11.8 Å². The number of hydrogen-bond donors (Lipinski definition) is 1. The summed E-state index contributed by atoms with van der Waals surface area (Å²) in [5, 5.41) is 0. The molecule has 2 atom stereocenters. The van der Waals surface area contributed by atoms with Crippen LogP contribution in [0.1, 0.15) is 35.2 Å². The third kappa shape index (κ3) is 4.74. The lowest BCUT2D eigenvalue weighted by Crippen LogP contribution is -2.44. The number of rotatable bonds is 5. The number of hydrogen-bond acceptors (Lipinski definition) is 6. The number of anilines is 3. The third-order valence-corrected chi connectivity index (χ3v) is 8.16. The van der Waals surface area contributed by atoms with Gasteiger partial charge in [-0.15, -0.1) is 0 Å². The van der Waals surface area contributed by atoms with Crippen molar-refractivity contribution in [2.45, 2.75) is 36.8 Å². The number of amides is 3. The lowest BCUT2D eigenvalue weighted by molar-refractivity contribution is -0.121. The second-order valence-electron chi connectivity index (χ2n) is 9.52. The van der Waals surface area contributed by atoms with Crippen molar-refractivity contribution in [1.82, 2.24) is 0 Å². The molecule has 3 aromatic rings. The summed E-state index contributed by atoms with van der Waals surface area (Å²) in [6, 6.07) is 19.4. The van der Waals surface area contributed by atoms with Crippen LogP contribution in [0.3, 0.4) is 0 Å². The molecule has 0 bridgehead atoms. The van der Waals surface area contributed by atoms with Gasteiger partial charge < -0.3 is 10.5 Å². The Morgan fingerprint density at radius 1 is 0.974 bits per heavy atom. The third-order valence-electron chi connectivity index (χ3n) is 7.03. The molecule has 0 spiro atoms. The number of carbonyl (C=O) groups is 3. The Morgan fingerprint density at radius 2 is 1.68 bits per heavy atom. The standard InChI is InChI=1S/C28H27N3O6S/c1-38(35,36)21-13-11-20(12-14-21)30-25-16-19(26(29)32)10-15-24(25)31(23-9-5-8-22(23)27(30)33)28(34)37-17-18-6-3-2-4-7-18/h2-4,6-7,10-16,22-23H,5,8-9,17H2,1H3,(H2,29,32)/t22-,23+/m0/s1. The van der Waals surface area contributed by atoms with Crippen LogP contribution < -0.4 is 15.5 Å². The van der Waals surface area contributed by atoms with Gasteiger partial charge in [0, 0.05) is 17.5 Å². The topological polar surface area (TPSA) is 127 Å². The summed E-state index contributed by atoms with van der Waals surface area (Å²) < 4.78 is 29.7. The van der Waals surface area contributed by atoms with Gasteiger partial charge in [0.15, 0.2) is 9.84 Å². The molecule has 0 saturated heterocycles. The molecular formula is C28H27N3O6S. The fraction of sp³-hybridized carbons (Fsp3) is 0.250. The summed E-state index contributed by atoms with van der Waals surface area (Å²) in [4.78, 5) is 42.7. The fourth-order valence-corrected chi connectivity index (χ4v) is 5.82. The van der Waals surface area contributed by atoms with E-state index in [1.54, 1.807) is 18.2 Å². The summed E-state index contributed by atoms with van der Waals surface area (Å²) in [5.41, 5.74) is 7.66. The number of primary amides is 1. The molecule has 1 saturated carbocycles. The Morgan fingerprint density at radius 3 is 2.34 bits per heavy atom. The number of carbonyl (C=O) groups excluding carboxylic acids is 3. The first-order valence-electron chi connectivity index (χ1n) is 12.2. The molecule has 1 aliphatic carbocycles. The normalized spacial score (nSPS) is 18.9. The average Bonchev–Trinajstić information content (AvgIpc) is 3.35. The van der Waals surface area contributed by atoms with Crippen LogP contribution in [0.2, 0.25) is 0 Å². The van der Waals surface area contributed by atoms with Crippen molar-refractivity contribution in [2.24, 2.45) is 11.7 Å². The number of ether oxygens (including phenoxy) is 1. The van der Waals surface area contributed by atoms with Gasteiger partial charge in [0.25, 0.3) is 0 Å². The van der Waals surface area contributed by atoms with Crippen molar-refractivity contribution in [2.75, 3.05) is 16.1 Å². The minimum Gasteiger partial charge on any atom is -0.444 e. The Labute approximate surface area is 220 Å². The number of nitrogens with two attached hydrogens (primary N) is 1. The Balaban J connectivity index is 1.62. The largest absolute Gasteiger partial charge is 0.444 e. The number of sulfone groups is 1. The van der Waals surface area contributed by atoms with Crippen molar-refractivity contribution in [3.05, 3.63) is 83.9 Å². The molecule has 38 heavy (non-hydrogen) atoms. The van der Waals surface area contributed by atoms with Gasteiger partial charge in [-0.25, -0.2) is 13.2 Å². The van der Waals surface area contributed by atoms with Crippen molar-refractivity contribution < 1.29 is 27.5 Å². The fourth-order valence-electron chi connectivity index (χ4n) is 5.19. The summed E-state index contributed by atoms with van der Waals surface area (Å²) >= 11 is 0. The molecule has 3 amide bonds. The predicted octanol–water partition coefficient (Wildman–Crippen LogP) is 4.18. The molecule has 0 aromatic heterocycles. The first-order valence-corrected chi connectivity index (χ1v) is 14.1. The maximum absolute atomic E-state index is 14.0. The van der Waals surface area contributed by atoms with Gasteiger partial charge in [-0.05, 0) is 60.9 Å². The average molecular weight is 534 g/mol. The van der Waals surface area contributed by atoms with Crippen LogP contribution >= 0.6 is 0 Å². The van der Waals surface area contributed by atoms with Gasteiger partial charge in [-0.1, -0.05) is 36.8 Å². The van der Waals surface area contributed by atoms with E-state index in [-0.39, 0.29) is 23.0 Å². The van der Waals surface area contributed by atoms with E-state index in [2.05, 4.69) is 0 Å². The molecule has 2 aliphatic rings. The molecule has 1 fully saturated rings.